The van der Waals surface area contributed by atoms with E-state index in [1.54, 1.807) is 7.11 Å². The maximum atomic E-state index is 6.55. The fourth-order valence-corrected chi connectivity index (χ4v) is 4.31. The summed E-state index contributed by atoms with van der Waals surface area (Å²) >= 11 is 0. The van der Waals surface area contributed by atoms with Gasteiger partial charge in [-0.2, -0.15) is 0 Å². The predicted molar refractivity (Wildman–Crippen MR) is 86.6 cm³/mol. The van der Waals surface area contributed by atoms with Crippen LogP contribution in [0.4, 0.5) is 0 Å². The molecule has 4 rings (SSSR count). The van der Waals surface area contributed by atoms with Crippen molar-refractivity contribution in [3.05, 3.63) is 23.8 Å². The molecule has 0 aliphatic carbocycles. The number of hydrogen-bond acceptors (Lipinski definition) is 4. The second-order valence-electron chi connectivity index (χ2n) is 6.90. The molecule has 1 unspecified atom stereocenters. The molecule has 3 aliphatic heterocycles. The molecule has 1 N–H and O–H groups in total. The predicted octanol–water partition coefficient (Wildman–Crippen LogP) is 2.74. The van der Waals surface area contributed by atoms with Gasteiger partial charge in [-0.25, -0.2) is 0 Å². The molecule has 1 atom stereocenters. The molecule has 0 saturated carbocycles. The zero-order valence-electron chi connectivity index (χ0n) is 13.4. The van der Waals surface area contributed by atoms with Gasteiger partial charge in [0.1, 0.15) is 17.1 Å². The minimum Gasteiger partial charge on any atom is -0.497 e. The summed E-state index contributed by atoms with van der Waals surface area (Å²) < 4.78 is 12.0. The standard InChI is InChI=1S/C18H26N2O2/c1-21-14-4-5-15-16(20-10-2-3-11-20)13-18(22-17(15)12-14)6-8-19-9-7-18/h4-5,12,16,19H,2-3,6-11,13H2,1H3. The third kappa shape index (κ3) is 2.48. The number of likely N-dealkylation sites (tertiary alicyclic amines) is 1. The highest BCUT2D eigenvalue weighted by Crippen LogP contribution is 2.47. The molecule has 4 heteroatoms. The Labute approximate surface area is 132 Å². The molecule has 120 valence electrons. The molecule has 0 amide bonds. The number of fused-ring (bicyclic) bond motifs is 1. The molecule has 0 aromatic heterocycles. The van der Waals surface area contributed by atoms with Crippen molar-refractivity contribution in [2.75, 3.05) is 33.3 Å². The van der Waals surface area contributed by atoms with Crippen LogP contribution in [0.25, 0.3) is 0 Å². The first-order chi connectivity index (χ1) is 10.8. The number of methoxy groups -OCH3 is 1. The van der Waals surface area contributed by atoms with Gasteiger partial charge < -0.3 is 14.8 Å². The average Bonchev–Trinajstić information content (AvgIpc) is 3.08. The van der Waals surface area contributed by atoms with E-state index in [4.69, 9.17) is 9.47 Å². The van der Waals surface area contributed by atoms with E-state index >= 15 is 0 Å². The van der Waals surface area contributed by atoms with Crippen molar-refractivity contribution in [3.8, 4) is 11.5 Å². The molecule has 0 bridgehead atoms. The third-order valence-corrected chi connectivity index (χ3v) is 5.57. The van der Waals surface area contributed by atoms with E-state index < -0.39 is 0 Å². The zero-order chi connectivity index (χ0) is 15.0. The van der Waals surface area contributed by atoms with Gasteiger partial charge >= 0.3 is 0 Å². The summed E-state index contributed by atoms with van der Waals surface area (Å²) in [4.78, 5) is 2.66. The molecule has 3 heterocycles. The van der Waals surface area contributed by atoms with Crippen molar-refractivity contribution in [2.45, 2.75) is 43.7 Å². The number of rotatable bonds is 2. The number of ether oxygens (including phenoxy) is 2. The Hall–Kier alpha value is -1.26. The normalized spacial score (nSPS) is 27.4. The fraction of sp³-hybridized carbons (Fsp3) is 0.667. The molecule has 2 fully saturated rings. The molecular weight excluding hydrogens is 276 g/mol. The molecular formula is C18H26N2O2. The van der Waals surface area contributed by atoms with Gasteiger partial charge in [0.25, 0.3) is 0 Å². The van der Waals surface area contributed by atoms with Gasteiger partial charge in [-0.05, 0) is 57.9 Å². The Kier molecular flexibility index (Phi) is 3.74. The van der Waals surface area contributed by atoms with Crippen LogP contribution < -0.4 is 14.8 Å². The van der Waals surface area contributed by atoms with Crippen LogP contribution in [0.5, 0.6) is 11.5 Å². The molecule has 1 aromatic rings. The molecule has 2 saturated heterocycles. The van der Waals surface area contributed by atoms with E-state index in [0.717, 1.165) is 43.9 Å². The van der Waals surface area contributed by atoms with E-state index in [-0.39, 0.29) is 5.60 Å². The number of nitrogens with one attached hydrogen (secondary N) is 1. The van der Waals surface area contributed by atoms with Crippen molar-refractivity contribution in [2.24, 2.45) is 0 Å². The summed E-state index contributed by atoms with van der Waals surface area (Å²) in [5, 5.41) is 3.47. The van der Waals surface area contributed by atoms with Crippen molar-refractivity contribution >= 4 is 0 Å². The van der Waals surface area contributed by atoms with Gasteiger partial charge in [0, 0.05) is 24.1 Å². The van der Waals surface area contributed by atoms with Crippen LogP contribution in [-0.4, -0.2) is 43.8 Å². The largest absolute Gasteiger partial charge is 0.497 e. The summed E-state index contributed by atoms with van der Waals surface area (Å²) in [6.07, 6.45) is 6.00. The first kappa shape index (κ1) is 14.3. The minimum absolute atomic E-state index is 0.0118. The second-order valence-corrected chi connectivity index (χ2v) is 6.90. The monoisotopic (exact) mass is 302 g/mol. The van der Waals surface area contributed by atoms with Crippen molar-refractivity contribution in [1.82, 2.24) is 10.2 Å². The Morgan fingerprint density at radius 3 is 2.73 bits per heavy atom. The van der Waals surface area contributed by atoms with E-state index in [1.807, 2.05) is 0 Å². The second kappa shape index (κ2) is 5.74. The SMILES string of the molecule is COc1ccc2c(c1)OC1(CCNCC1)CC2N1CCCC1. The van der Waals surface area contributed by atoms with Crippen molar-refractivity contribution < 1.29 is 9.47 Å². The molecule has 4 nitrogen and oxygen atoms in total. The highest BCUT2D eigenvalue weighted by Gasteiger charge is 2.44. The lowest BCUT2D eigenvalue weighted by Crippen LogP contribution is -2.51. The lowest BCUT2D eigenvalue weighted by molar-refractivity contribution is -0.0161. The van der Waals surface area contributed by atoms with E-state index in [2.05, 4.69) is 28.4 Å². The topological polar surface area (TPSA) is 33.7 Å². The molecule has 1 spiro atoms. The molecule has 3 aliphatic rings. The van der Waals surface area contributed by atoms with Gasteiger partial charge in [0.15, 0.2) is 0 Å². The Bertz CT molecular complexity index is 534. The lowest BCUT2D eigenvalue weighted by Gasteiger charge is -2.47. The Balaban J connectivity index is 1.71. The van der Waals surface area contributed by atoms with Crippen LogP contribution in [0, 0.1) is 0 Å². The summed E-state index contributed by atoms with van der Waals surface area (Å²) in [6.45, 7) is 4.58. The van der Waals surface area contributed by atoms with E-state index in [0.29, 0.717) is 6.04 Å². The Morgan fingerprint density at radius 2 is 2.00 bits per heavy atom. The van der Waals surface area contributed by atoms with Crippen molar-refractivity contribution in [1.29, 1.82) is 0 Å². The van der Waals surface area contributed by atoms with Crippen LogP contribution in [0.15, 0.2) is 18.2 Å². The maximum absolute atomic E-state index is 6.55. The number of piperidine rings is 1. The minimum atomic E-state index is 0.0118. The number of benzene rings is 1. The van der Waals surface area contributed by atoms with Crippen LogP contribution in [0.3, 0.4) is 0 Å². The van der Waals surface area contributed by atoms with Gasteiger partial charge in [-0.15, -0.1) is 0 Å². The van der Waals surface area contributed by atoms with Crippen LogP contribution >= 0.6 is 0 Å². The molecule has 1 aromatic carbocycles. The molecule has 0 radical (unpaired) electrons. The van der Waals surface area contributed by atoms with Gasteiger partial charge in [-0.3, -0.25) is 4.90 Å². The van der Waals surface area contributed by atoms with Crippen LogP contribution in [0.1, 0.15) is 43.7 Å². The third-order valence-electron chi connectivity index (χ3n) is 5.57. The van der Waals surface area contributed by atoms with E-state index in [9.17, 15) is 0 Å². The van der Waals surface area contributed by atoms with Crippen LogP contribution in [-0.2, 0) is 0 Å². The molecule has 22 heavy (non-hydrogen) atoms. The summed E-state index contributed by atoms with van der Waals surface area (Å²) in [5.41, 5.74) is 1.37. The quantitative estimate of drug-likeness (QED) is 0.911. The highest BCUT2D eigenvalue weighted by atomic mass is 16.5. The van der Waals surface area contributed by atoms with Gasteiger partial charge in [-0.1, -0.05) is 6.07 Å². The number of hydrogen-bond donors (Lipinski definition) is 1. The maximum Gasteiger partial charge on any atom is 0.128 e. The highest BCUT2D eigenvalue weighted by molar-refractivity contribution is 5.45. The number of nitrogens with zero attached hydrogens (tertiary/aromatic N) is 1. The zero-order valence-corrected chi connectivity index (χ0v) is 13.4. The van der Waals surface area contributed by atoms with Gasteiger partial charge in [0.05, 0.1) is 7.11 Å². The average molecular weight is 302 g/mol. The summed E-state index contributed by atoms with van der Waals surface area (Å²) in [7, 11) is 1.73. The fourth-order valence-electron chi connectivity index (χ4n) is 4.31. The van der Waals surface area contributed by atoms with Crippen LogP contribution in [0.2, 0.25) is 0 Å². The smallest absolute Gasteiger partial charge is 0.128 e. The first-order valence-corrected chi connectivity index (χ1v) is 8.61. The van der Waals surface area contributed by atoms with Crippen molar-refractivity contribution in [3.63, 3.8) is 0 Å². The Morgan fingerprint density at radius 1 is 1.23 bits per heavy atom. The lowest BCUT2D eigenvalue weighted by atomic mass is 9.80. The first-order valence-electron chi connectivity index (χ1n) is 8.61. The van der Waals surface area contributed by atoms with E-state index in [1.165, 1.54) is 31.5 Å². The summed E-state index contributed by atoms with van der Waals surface area (Å²) in [5.74, 6) is 1.94. The summed E-state index contributed by atoms with van der Waals surface area (Å²) in [6, 6.07) is 6.88. The van der Waals surface area contributed by atoms with Gasteiger partial charge in [0.2, 0.25) is 0 Å².